The lowest BCUT2D eigenvalue weighted by molar-refractivity contribution is -0.271. The van der Waals surface area contributed by atoms with Gasteiger partial charge in [0.15, 0.2) is 11.6 Å². The standard InChI is InChI=1S/C18H30O6/c1-9-17(7,13(19)11(3)4)15(21)23-24-16(22)18(8,10-2)14(20)12(5)6/h11-12H,9-10H2,1-8H3. The van der Waals surface area contributed by atoms with Crippen LogP contribution >= 0.6 is 0 Å². The first-order valence-electron chi connectivity index (χ1n) is 8.40. The van der Waals surface area contributed by atoms with E-state index < -0.39 is 22.8 Å². The third-order valence-electron chi connectivity index (χ3n) is 4.64. The molecule has 2 unspecified atom stereocenters. The second-order valence-electron chi connectivity index (χ2n) is 7.15. The van der Waals surface area contributed by atoms with Crippen LogP contribution in [0.5, 0.6) is 0 Å². The summed E-state index contributed by atoms with van der Waals surface area (Å²) in [6.45, 7) is 13.0. The molecule has 0 aromatic carbocycles. The van der Waals surface area contributed by atoms with Gasteiger partial charge in [0.1, 0.15) is 10.8 Å². The number of rotatable bonds is 8. The van der Waals surface area contributed by atoms with Crippen LogP contribution in [0.15, 0.2) is 0 Å². The Labute approximate surface area is 144 Å². The van der Waals surface area contributed by atoms with E-state index in [9.17, 15) is 19.2 Å². The summed E-state index contributed by atoms with van der Waals surface area (Å²) in [5.74, 6) is -3.15. The molecule has 0 aliphatic heterocycles. The van der Waals surface area contributed by atoms with Gasteiger partial charge in [-0.2, -0.15) is 0 Å². The molecule has 6 nitrogen and oxygen atoms in total. The zero-order valence-corrected chi connectivity index (χ0v) is 16.0. The van der Waals surface area contributed by atoms with Crippen molar-refractivity contribution < 1.29 is 29.0 Å². The van der Waals surface area contributed by atoms with E-state index in [1.165, 1.54) is 13.8 Å². The van der Waals surface area contributed by atoms with Crippen LogP contribution in [0.4, 0.5) is 0 Å². The van der Waals surface area contributed by atoms with Gasteiger partial charge in [-0.05, 0) is 26.7 Å². The Morgan fingerprint density at radius 1 is 0.708 bits per heavy atom. The van der Waals surface area contributed by atoms with Gasteiger partial charge in [0.05, 0.1) is 0 Å². The summed E-state index contributed by atoms with van der Waals surface area (Å²) in [5, 5.41) is 0. The average Bonchev–Trinajstić information content (AvgIpc) is 2.55. The molecule has 0 rings (SSSR count). The maximum atomic E-state index is 12.3. The molecule has 6 heteroatoms. The number of carbonyl (C=O) groups excluding carboxylic acids is 4. The predicted molar refractivity (Wildman–Crippen MR) is 88.7 cm³/mol. The maximum absolute atomic E-state index is 12.3. The number of carbonyl (C=O) groups is 4. The molecular formula is C18H30O6. The van der Waals surface area contributed by atoms with Gasteiger partial charge in [0.2, 0.25) is 0 Å². The topological polar surface area (TPSA) is 86.7 Å². The number of Topliss-reactive ketones (excluding diaryl/α,β-unsaturated/α-hetero) is 2. The minimum absolute atomic E-state index is 0.219. The lowest BCUT2D eigenvalue weighted by Crippen LogP contribution is -2.43. The fraction of sp³-hybridized carbons (Fsp3) is 0.778. The van der Waals surface area contributed by atoms with Crippen molar-refractivity contribution in [3.05, 3.63) is 0 Å². The number of hydrogen-bond acceptors (Lipinski definition) is 6. The molecule has 0 aliphatic carbocycles. The molecule has 138 valence electrons. The van der Waals surface area contributed by atoms with Crippen molar-refractivity contribution in [1.29, 1.82) is 0 Å². The lowest BCUT2D eigenvalue weighted by atomic mass is 9.78. The summed E-state index contributed by atoms with van der Waals surface area (Å²) < 4.78 is 0. The molecule has 0 bridgehead atoms. The van der Waals surface area contributed by atoms with Crippen molar-refractivity contribution in [2.24, 2.45) is 22.7 Å². The van der Waals surface area contributed by atoms with Crippen LogP contribution in [-0.4, -0.2) is 23.5 Å². The van der Waals surface area contributed by atoms with Crippen molar-refractivity contribution in [2.45, 2.75) is 68.2 Å². The van der Waals surface area contributed by atoms with Crippen LogP contribution in [-0.2, 0) is 29.0 Å². The summed E-state index contributed by atoms with van der Waals surface area (Å²) in [5.41, 5.74) is -2.78. The molecule has 0 aromatic heterocycles. The highest BCUT2D eigenvalue weighted by Gasteiger charge is 2.46. The number of hydrogen-bond donors (Lipinski definition) is 0. The largest absolute Gasteiger partial charge is 0.368 e. The zero-order valence-electron chi connectivity index (χ0n) is 16.0. The van der Waals surface area contributed by atoms with E-state index in [1.54, 1.807) is 41.5 Å². The number of ketones is 2. The first-order valence-corrected chi connectivity index (χ1v) is 8.40. The Kier molecular flexibility index (Phi) is 7.80. The van der Waals surface area contributed by atoms with Gasteiger partial charge in [-0.1, -0.05) is 41.5 Å². The molecule has 0 spiro atoms. The third-order valence-corrected chi connectivity index (χ3v) is 4.64. The van der Waals surface area contributed by atoms with Gasteiger partial charge < -0.3 is 0 Å². The van der Waals surface area contributed by atoms with E-state index in [2.05, 4.69) is 9.78 Å². The van der Waals surface area contributed by atoms with Crippen molar-refractivity contribution >= 4 is 23.5 Å². The highest BCUT2D eigenvalue weighted by atomic mass is 17.2. The fourth-order valence-electron chi connectivity index (χ4n) is 2.37. The Hall–Kier alpha value is -1.72. The lowest BCUT2D eigenvalue weighted by Gasteiger charge is -2.27. The molecule has 0 saturated heterocycles. The monoisotopic (exact) mass is 342 g/mol. The summed E-state index contributed by atoms with van der Waals surface area (Å²) in [7, 11) is 0. The second-order valence-corrected chi connectivity index (χ2v) is 7.15. The molecule has 0 amide bonds. The van der Waals surface area contributed by atoms with E-state index in [4.69, 9.17) is 0 Å². The van der Waals surface area contributed by atoms with E-state index >= 15 is 0 Å². The van der Waals surface area contributed by atoms with Gasteiger partial charge in [-0.15, -0.1) is 0 Å². The molecule has 0 saturated carbocycles. The van der Waals surface area contributed by atoms with Crippen LogP contribution in [0.3, 0.4) is 0 Å². The first-order chi connectivity index (χ1) is 10.9. The van der Waals surface area contributed by atoms with Crippen molar-refractivity contribution in [2.75, 3.05) is 0 Å². The quantitative estimate of drug-likeness (QED) is 0.382. The van der Waals surface area contributed by atoms with Gasteiger partial charge in [-0.3, -0.25) is 9.59 Å². The Balaban J connectivity index is 5.18. The molecular weight excluding hydrogens is 312 g/mol. The Bertz CT molecular complexity index is 462. The van der Waals surface area contributed by atoms with Crippen LogP contribution in [0, 0.1) is 22.7 Å². The van der Waals surface area contributed by atoms with E-state index in [-0.39, 0.29) is 36.2 Å². The molecule has 0 aromatic rings. The van der Waals surface area contributed by atoms with Gasteiger partial charge in [-0.25, -0.2) is 19.4 Å². The van der Waals surface area contributed by atoms with Crippen molar-refractivity contribution in [1.82, 2.24) is 0 Å². The molecule has 0 heterocycles. The minimum Gasteiger partial charge on any atom is -0.298 e. The molecule has 0 N–H and O–H groups in total. The van der Waals surface area contributed by atoms with E-state index in [0.29, 0.717) is 0 Å². The maximum Gasteiger partial charge on any atom is 0.368 e. The molecule has 0 aliphatic rings. The van der Waals surface area contributed by atoms with Crippen LogP contribution in [0.1, 0.15) is 68.2 Å². The summed E-state index contributed by atoms with van der Waals surface area (Å²) in [4.78, 5) is 58.3. The van der Waals surface area contributed by atoms with Crippen LogP contribution < -0.4 is 0 Å². The van der Waals surface area contributed by atoms with Gasteiger partial charge in [0, 0.05) is 11.8 Å². The molecule has 24 heavy (non-hydrogen) atoms. The van der Waals surface area contributed by atoms with Gasteiger partial charge >= 0.3 is 11.9 Å². The van der Waals surface area contributed by atoms with Crippen molar-refractivity contribution in [3.63, 3.8) is 0 Å². The van der Waals surface area contributed by atoms with E-state index in [0.717, 1.165) is 0 Å². The van der Waals surface area contributed by atoms with Gasteiger partial charge in [0.25, 0.3) is 0 Å². The molecule has 0 fully saturated rings. The average molecular weight is 342 g/mol. The summed E-state index contributed by atoms with van der Waals surface area (Å²) in [6, 6.07) is 0. The predicted octanol–water partition coefficient (Wildman–Crippen LogP) is 3.27. The molecule has 0 radical (unpaired) electrons. The fourth-order valence-corrected chi connectivity index (χ4v) is 2.37. The minimum atomic E-state index is -1.39. The Morgan fingerprint density at radius 2 is 0.958 bits per heavy atom. The molecule has 2 atom stereocenters. The van der Waals surface area contributed by atoms with Crippen molar-refractivity contribution in [3.8, 4) is 0 Å². The SMILES string of the molecule is CCC(C)(C(=O)OOC(=O)C(C)(CC)C(=O)C(C)C)C(=O)C(C)C. The third kappa shape index (κ3) is 4.42. The second kappa shape index (κ2) is 8.40. The normalized spacial score (nSPS) is 16.2. The summed E-state index contributed by atoms with van der Waals surface area (Å²) >= 11 is 0. The summed E-state index contributed by atoms with van der Waals surface area (Å²) in [6.07, 6.45) is 0.437. The highest BCUT2D eigenvalue weighted by molar-refractivity contribution is 6.05. The van der Waals surface area contributed by atoms with E-state index in [1.807, 2.05) is 0 Å². The Morgan fingerprint density at radius 3 is 1.12 bits per heavy atom. The van der Waals surface area contributed by atoms with Crippen LogP contribution in [0.25, 0.3) is 0 Å². The first kappa shape index (κ1) is 22.3. The highest BCUT2D eigenvalue weighted by Crippen LogP contribution is 2.31. The van der Waals surface area contributed by atoms with Crippen LogP contribution in [0.2, 0.25) is 0 Å². The smallest absolute Gasteiger partial charge is 0.298 e. The zero-order chi connectivity index (χ0) is 19.3.